The lowest BCUT2D eigenvalue weighted by atomic mass is 9.85. The molecule has 0 atom stereocenters. The van der Waals surface area contributed by atoms with E-state index in [9.17, 15) is 4.79 Å². The Bertz CT molecular complexity index is 377. The molecule has 0 amide bonds. The molecule has 0 aliphatic heterocycles. The van der Waals surface area contributed by atoms with Gasteiger partial charge in [0.1, 0.15) is 5.82 Å². The van der Waals surface area contributed by atoms with Crippen LogP contribution in [0.3, 0.4) is 0 Å². The summed E-state index contributed by atoms with van der Waals surface area (Å²) in [4.78, 5) is 19.3. The van der Waals surface area contributed by atoms with Crippen LogP contribution < -0.4 is 5.32 Å². The fourth-order valence-corrected chi connectivity index (χ4v) is 1.60. The third-order valence-electron chi connectivity index (χ3n) is 2.83. The molecule has 1 aliphatic rings. The summed E-state index contributed by atoms with van der Waals surface area (Å²) in [5.41, 5.74) is 0.237. The summed E-state index contributed by atoms with van der Waals surface area (Å²) in [7, 11) is 1.33. The van der Waals surface area contributed by atoms with Crippen LogP contribution in [0.5, 0.6) is 0 Å². The lowest BCUT2D eigenvalue weighted by Crippen LogP contribution is -2.21. The highest BCUT2D eigenvalue weighted by Crippen LogP contribution is 2.26. The Balaban J connectivity index is 1.95. The third kappa shape index (κ3) is 2.48. The van der Waals surface area contributed by atoms with E-state index in [1.54, 1.807) is 6.20 Å². The average Bonchev–Trinajstić information content (AvgIpc) is 2.26. The molecule has 1 aliphatic carbocycles. The van der Waals surface area contributed by atoms with Crippen LogP contribution in [0.25, 0.3) is 0 Å². The molecule has 0 saturated heterocycles. The minimum atomic E-state index is -0.459. The van der Waals surface area contributed by atoms with Crippen molar-refractivity contribution in [2.24, 2.45) is 5.92 Å². The highest BCUT2D eigenvalue weighted by atomic mass is 16.5. The number of hydrogen-bond donors (Lipinski definition) is 1. The van der Waals surface area contributed by atoms with Crippen molar-refractivity contribution in [2.45, 2.75) is 19.3 Å². The highest BCUT2D eigenvalue weighted by molar-refractivity contribution is 5.87. The number of rotatable bonds is 4. The van der Waals surface area contributed by atoms with Crippen LogP contribution >= 0.6 is 0 Å². The molecule has 1 saturated carbocycles. The summed E-state index contributed by atoms with van der Waals surface area (Å²) in [5.74, 6) is 0.915. The maximum atomic E-state index is 11.2. The van der Waals surface area contributed by atoms with Gasteiger partial charge in [-0.3, -0.25) is 4.98 Å². The first kappa shape index (κ1) is 10.9. The fourth-order valence-electron chi connectivity index (χ4n) is 1.60. The van der Waals surface area contributed by atoms with E-state index >= 15 is 0 Å². The Morgan fingerprint density at radius 1 is 1.56 bits per heavy atom. The summed E-state index contributed by atoms with van der Waals surface area (Å²) >= 11 is 0. The van der Waals surface area contributed by atoms with Crippen molar-refractivity contribution >= 4 is 11.8 Å². The largest absolute Gasteiger partial charge is 0.464 e. The molecule has 0 spiro atoms. The molecule has 1 aromatic rings. The van der Waals surface area contributed by atoms with E-state index in [1.165, 1.54) is 32.6 Å². The second-order valence-corrected chi connectivity index (χ2v) is 3.96. The minimum absolute atomic E-state index is 0.237. The van der Waals surface area contributed by atoms with Gasteiger partial charge in [0.2, 0.25) is 0 Å². The van der Waals surface area contributed by atoms with E-state index in [-0.39, 0.29) is 5.69 Å². The predicted octanol–water partition coefficient (Wildman–Crippen LogP) is 1.48. The molecule has 16 heavy (non-hydrogen) atoms. The van der Waals surface area contributed by atoms with Gasteiger partial charge in [-0.25, -0.2) is 9.78 Å². The number of esters is 1. The Hall–Kier alpha value is -1.65. The number of carbonyl (C=O) groups is 1. The topological polar surface area (TPSA) is 64.1 Å². The van der Waals surface area contributed by atoms with Crippen molar-refractivity contribution < 1.29 is 9.53 Å². The smallest absolute Gasteiger partial charge is 0.358 e. The number of ether oxygens (including phenoxy) is 1. The first-order valence-electron chi connectivity index (χ1n) is 5.44. The molecule has 1 fully saturated rings. The summed E-state index contributed by atoms with van der Waals surface area (Å²) in [6.07, 6.45) is 6.89. The number of carbonyl (C=O) groups excluding carboxylic acids is 1. The number of methoxy groups -OCH3 is 1. The van der Waals surface area contributed by atoms with E-state index in [1.807, 2.05) is 0 Å². The van der Waals surface area contributed by atoms with E-state index in [4.69, 9.17) is 0 Å². The van der Waals surface area contributed by atoms with Crippen LogP contribution in [0.4, 0.5) is 5.82 Å². The summed E-state index contributed by atoms with van der Waals surface area (Å²) in [6.45, 7) is 0.902. The second-order valence-electron chi connectivity index (χ2n) is 3.96. The Labute approximate surface area is 94.2 Å². The first-order valence-corrected chi connectivity index (χ1v) is 5.44. The molecule has 0 bridgehead atoms. The standard InChI is InChI=1S/C11H15N3O2/c1-16-11(15)9-6-12-7-10(14-9)13-5-8-3-2-4-8/h6-8H,2-5H2,1H3,(H,13,14). The average molecular weight is 221 g/mol. The first-order chi connectivity index (χ1) is 7.79. The SMILES string of the molecule is COC(=O)c1cncc(NCC2CCC2)n1. The van der Waals surface area contributed by atoms with Crippen LogP contribution in [-0.4, -0.2) is 29.6 Å². The molecular weight excluding hydrogens is 206 g/mol. The van der Waals surface area contributed by atoms with Crippen molar-refractivity contribution in [3.05, 3.63) is 18.1 Å². The van der Waals surface area contributed by atoms with Gasteiger partial charge in [0, 0.05) is 6.54 Å². The van der Waals surface area contributed by atoms with E-state index in [0.29, 0.717) is 5.82 Å². The Morgan fingerprint density at radius 2 is 2.38 bits per heavy atom. The highest BCUT2D eigenvalue weighted by Gasteiger charge is 2.17. The van der Waals surface area contributed by atoms with Gasteiger partial charge in [0.15, 0.2) is 5.69 Å². The fraction of sp³-hybridized carbons (Fsp3) is 0.545. The predicted molar refractivity (Wildman–Crippen MR) is 59.2 cm³/mol. The molecule has 5 nitrogen and oxygen atoms in total. The molecule has 0 aromatic carbocycles. The molecule has 86 valence electrons. The van der Waals surface area contributed by atoms with Crippen molar-refractivity contribution in [3.63, 3.8) is 0 Å². The molecule has 1 N–H and O–H groups in total. The van der Waals surface area contributed by atoms with Gasteiger partial charge in [0.25, 0.3) is 0 Å². The summed E-state index contributed by atoms with van der Waals surface area (Å²) in [5, 5.41) is 3.18. The van der Waals surface area contributed by atoms with Crippen LogP contribution in [0.2, 0.25) is 0 Å². The number of nitrogens with zero attached hydrogens (tertiary/aromatic N) is 2. The second kappa shape index (κ2) is 4.92. The third-order valence-corrected chi connectivity index (χ3v) is 2.83. The summed E-state index contributed by atoms with van der Waals surface area (Å²) < 4.78 is 4.58. The van der Waals surface area contributed by atoms with Crippen LogP contribution in [0.15, 0.2) is 12.4 Å². The molecule has 0 radical (unpaired) electrons. The van der Waals surface area contributed by atoms with Gasteiger partial charge in [-0.15, -0.1) is 0 Å². The zero-order valence-corrected chi connectivity index (χ0v) is 9.27. The zero-order valence-electron chi connectivity index (χ0n) is 9.27. The number of anilines is 1. The molecule has 1 heterocycles. The van der Waals surface area contributed by atoms with Crippen molar-refractivity contribution in [2.75, 3.05) is 19.0 Å². The lowest BCUT2D eigenvalue weighted by Gasteiger charge is -2.25. The molecule has 5 heteroatoms. The van der Waals surface area contributed by atoms with Gasteiger partial charge < -0.3 is 10.1 Å². The van der Waals surface area contributed by atoms with Gasteiger partial charge in [-0.1, -0.05) is 6.42 Å². The molecule has 0 unspecified atom stereocenters. The van der Waals surface area contributed by atoms with Crippen LogP contribution in [0.1, 0.15) is 29.8 Å². The normalized spacial score (nSPS) is 15.3. The Kier molecular flexibility index (Phi) is 3.34. The van der Waals surface area contributed by atoms with Gasteiger partial charge in [-0.2, -0.15) is 0 Å². The minimum Gasteiger partial charge on any atom is -0.464 e. The molecule has 2 rings (SSSR count). The number of nitrogens with one attached hydrogen (secondary N) is 1. The quantitative estimate of drug-likeness (QED) is 0.780. The molecular formula is C11H15N3O2. The van der Waals surface area contributed by atoms with Crippen LogP contribution in [0, 0.1) is 5.92 Å². The van der Waals surface area contributed by atoms with E-state index in [0.717, 1.165) is 12.5 Å². The maximum absolute atomic E-state index is 11.2. The van der Waals surface area contributed by atoms with Crippen LogP contribution in [-0.2, 0) is 4.74 Å². The maximum Gasteiger partial charge on any atom is 0.358 e. The van der Waals surface area contributed by atoms with Gasteiger partial charge in [0.05, 0.1) is 19.5 Å². The lowest BCUT2D eigenvalue weighted by molar-refractivity contribution is 0.0593. The van der Waals surface area contributed by atoms with Gasteiger partial charge >= 0.3 is 5.97 Å². The van der Waals surface area contributed by atoms with E-state index < -0.39 is 5.97 Å². The molecule has 1 aromatic heterocycles. The number of aromatic nitrogens is 2. The number of hydrogen-bond acceptors (Lipinski definition) is 5. The van der Waals surface area contributed by atoms with Crippen molar-refractivity contribution in [1.82, 2.24) is 9.97 Å². The summed E-state index contributed by atoms with van der Waals surface area (Å²) in [6, 6.07) is 0. The van der Waals surface area contributed by atoms with E-state index in [2.05, 4.69) is 20.0 Å². The Morgan fingerprint density at radius 3 is 3.00 bits per heavy atom. The van der Waals surface area contributed by atoms with Gasteiger partial charge in [-0.05, 0) is 18.8 Å². The van der Waals surface area contributed by atoms with Crippen molar-refractivity contribution in [1.29, 1.82) is 0 Å². The van der Waals surface area contributed by atoms with Crippen molar-refractivity contribution in [3.8, 4) is 0 Å². The zero-order chi connectivity index (χ0) is 11.4. The monoisotopic (exact) mass is 221 g/mol.